The molecule has 0 radical (unpaired) electrons. The van der Waals surface area contributed by atoms with Crippen LogP contribution in [0.2, 0.25) is 0 Å². The summed E-state index contributed by atoms with van der Waals surface area (Å²) in [6.07, 6.45) is 3.83. The summed E-state index contributed by atoms with van der Waals surface area (Å²) in [5, 5.41) is 11.2. The number of likely N-dealkylation sites (N-methyl/N-ethyl adjacent to an activating group) is 1. The van der Waals surface area contributed by atoms with Crippen LogP contribution >= 0.6 is 11.3 Å². The van der Waals surface area contributed by atoms with Crippen LogP contribution in [0.3, 0.4) is 0 Å². The summed E-state index contributed by atoms with van der Waals surface area (Å²) >= 11 is 1.41. The van der Waals surface area contributed by atoms with Gasteiger partial charge in [-0.3, -0.25) is 29.2 Å². The Morgan fingerprint density at radius 2 is 1.82 bits per heavy atom. The van der Waals surface area contributed by atoms with Gasteiger partial charge in [0.15, 0.2) is 0 Å². The topological polar surface area (TPSA) is 193 Å². The van der Waals surface area contributed by atoms with E-state index in [4.69, 9.17) is 19.4 Å². The van der Waals surface area contributed by atoms with Crippen molar-refractivity contribution in [1.82, 2.24) is 50.3 Å². The first kappa shape index (κ1) is 48.0. The zero-order valence-corrected chi connectivity index (χ0v) is 40.9. The molecule has 3 fully saturated rings. The van der Waals surface area contributed by atoms with Gasteiger partial charge in [-0.25, -0.2) is 15.2 Å². The molecule has 5 amide bonds. The van der Waals surface area contributed by atoms with Gasteiger partial charge in [-0.1, -0.05) is 33.8 Å². The quantitative estimate of drug-likeness (QED) is 0.155. The van der Waals surface area contributed by atoms with Crippen LogP contribution in [0.1, 0.15) is 83.2 Å². The van der Waals surface area contributed by atoms with Crippen LogP contribution in [-0.4, -0.2) is 148 Å². The second kappa shape index (κ2) is 20.0. The number of methoxy groups -OCH3 is 1. The molecule has 7 heterocycles. The predicted molar refractivity (Wildman–Crippen MR) is 256 cm³/mol. The number of amides is 5. The molecule has 67 heavy (non-hydrogen) atoms. The number of aromatic nitrogens is 3. The van der Waals surface area contributed by atoms with Crippen molar-refractivity contribution >= 4 is 52.0 Å². The maximum Gasteiger partial charge on any atom is 0.324 e. The molecule has 3 saturated heterocycles. The molecule has 360 valence electrons. The molecule has 0 saturated carbocycles. The maximum absolute atomic E-state index is 14.7. The fourth-order valence-electron chi connectivity index (χ4n) is 9.87. The largest absolute Gasteiger partial charge is 0.464 e. The summed E-state index contributed by atoms with van der Waals surface area (Å²) in [6, 6.07) is 7.18. The monoisotopic (exact) mass is 938 g/mol. The van der Waals surface area contributed by atoms with Gasteiger partial charge >= 0.3 is 12.0 Å². The predicted octanol–water partition coefficient (Wildman–Crippen LogP) is 4.79. The molecule has 0 spiro atoms. The van der Waals surface area contributed by atoms with Crippen LogP contribution in [0.25, 0.3) is 33.4 Å². The summed E-state index contributed by atoms with van der Waals surface area (Å²) in [6.45, 7) is 15.7. The molecule has 8 rings (SSSR count). The first-order valence-corrected chi connectivity index (χ1v) is 24.6. The Balaban J connectivity index is 1.13. The van der Waals surface area contributed by atoms with Gasteiger partial charge in [-0.15, -0.1) is 11.3 Å². The number of hydrazine groups is 1. The number of hydrogen-bond acceptors (Lipinski definition) is 12. The second-order valence-electron chi connectivity index (χ2n) is 19.5. The smallest absolute Gasteiger partial charge is 0.324 e. The number of ether oxygens (including phenoxy) is 2. The van der Waals surface area contributed by atoms with Crippen molar-refractivity contribution in [3.8, 4) is 22.5 Å². The van der Waals surface area contributed by atoms with Gasteiger partial charge in [0, 0.05) is 105 Å². The van der Waals surface area contributed by atoms with Crippen molar-refractivity contribution in [3.05, 3.63) is 58.2 Å². The first-order valence-electron chi connectivity index (χ1n) is 23.8. The van der Waals surface area contributed by atoms with Gasteiger partial charge < -0.3 is 39.4 Å². The number of nitrogens with one attached hydrogen (secondary N) is 3. The molecular formula is C49H66N10O7S. The minimum absolute atomic E-state index is 0.0544. The number of esters is 1. The molecule has 3 N–H and O–H groups in total. The summed E-state index contributed by atoms with van der Waals surface area (Å²) in [4.78, 5) is 84.9. The summed E-state index contributed by atoms with van der Waals surface area (Å²) in [5.74, 6) is -1.60. The van der Waals surface area contributed by atoms with Crippen molar-refractivity contribution in [2.24, 2.45) is 11.3 Å². The molecule has 4 aliphatic rings. The number of cyclic esters (lactones) is 1. The van der Waals surface area contributed by atoms with Crippen molar-refractivity contribution in [3.63, 3.8) is 0 Å². The third-order valence-corrected chi connectivity index (χ3v) is 14.4. The van der Waals surface area contributed by atoms with Gasteiger partial charge in [0.05, 0.1) is 40.8 Å². The number of carbonyl (C=O) groups is 5. The number of urea groups is 1. The highest BCUT2D eigenvalue weighted by Crippen LogP contribution is 2.42. The van der Waals surface area contributed by atoms with Gasteiger partial charge in [0.25, 0.3) is 5.91 Å². The number of hydrogen-bond donors (Lipinski definition) is 3. The fraction of sp³-hybridized carbons (Fsp3) is 0.571. The van der Waals surface area contributed by atoms with Crippen LogP contribution in [0.4, 0.5) is 4.79 Å². The number of aryl methyl sites for hydroxylation is 1. The van der Waals surface area contributed by atoms with Gasteiger partial charge in [0.2, 0.25) is 11.8 Å². The molecule has 1 unspecified atom stereocenters. The van der Waals surface area contributed by atoms with Crippen LogP contribution in [0.5, 0.6) is 0 Å². The SMILES string of the molecule is CCn1c(-c2cccnc2[C@H](C)OC)c2c3cc(ccc31)-c1csc(n1)C[C@H](NC(=O)C(C(C)C)N(C)C(=O)N1CCCN(C(=O)[C@H]3CN3)CC1)C(=O)N1CCC[C@H](N1)C(=O)OCC(C)(C)C2. The van der Waals surface area contributed by atoms with E-state index in [1.165, 1.54) is 21.2 Å². The van der Waals surface area contributed by atoms with E-state index in [0.29, 0.717) is 76.5 Å². The van der Waals surface area contributed by atoms with E-state index < -0.39 is 41.3 Å². The highest BCUT2D eigenvalue weighted by Gasteiger charge is 2.40. The average molecular weight is 939 g/mol. The molecule has 6 bridgehead atoms. The van der Waals surface area contributed by atoms with E-state index in [1.54, 1.807) is 30.2 Å². The van der Waals surface area contributed by atoms with E-state index in [0.717, 1.165) is 44.7 Å². The number of rotatable bonds is 9. The van der Waals surface area contributed by atoms with Crippen molar-refractivity contribution < 1.29 is 33.4 Å². The molecule has 1 aromatic carbocycles. The lowest BCUT2D eigenvalue weighted by molar-refractivity contribution is -0.155. The lowest BCUT2D eigenvalue weighted by Gasteiger charge is -2.37. The zero-order valence-electron chi connectivity index (χ0n) is 40.1. The number of benzene rings is 1. The third kappa shape index (κ3) is 10.2. The Labute approximate surface area is 396 Å². The zero-order chi connectivity index (χ0) is 47.7. The Morgan fingerprint density at radius 1 is 1.06 bits per heavy atom. The van der Waals surface area contributed by atoms with Crippen LogP contribution in [0, 0.1) is 11.3 Å². The number of nitrogens with zero attached hydrogens (tertiary/aromatic N) is 7. The van der Waals surface area contributed by atoms with Crippen LogP contribution in [-0.2, 0) is 48.0 Å². The van der Waals surface area contributed by atoms with Crippen LogP contribution in [0.15, 0.2) is 41.9 Å². The average Bonchev–Trinajstić information content (AvgIpc) is 4.06. The molecule has 4 aliphatic heterocycles. The molecular weight excluding hydrogens is 873 g/mol. The minimum Gasteiger partial charge on any atom is -0.464 e. The number of carbonyl (C=O) groups excluding carboxylic acids is 5. The van der Waals surface area contributed by atoms with Gasteiger partial charge in [-0.2, -0.15) is 0 Å². The standard InChI is InChI=1S/C49H66N10O7S/c1-9-58-39-16-15-31-23-33(39)34(43(58)32-13-10-17-50-41(32)30(4)65-8)25-49(5,6)28-66-47(63)35-14-11-20-59(54-35)46(62)36(24-40-52-38(31)27-67-40)53-44(60)42(29(2)3)55(7)48(64)57-19-12-18-56(21-22-57)45(61)37-26-51-37/h10,13,15-17,23,27,29-30,35-37,42,51,54H,9,11-12,14,18-22,24-26,28H2,1-8H3,(H,53,60)/t30-,35-,36-,37+,42?/m0/s1. The van der Waals surface area contributed by atoms with Crippen molar-refractivity contribution in [2.45, 2.75) is 110 Å². The van der Waals surface area contributed by atoms with Crippen molar-refractivity contribution in [1.29, 1.82) is 0 Å². The minimum atomic E-state index is -1.08. The molecule has 4 aromatic rings. The highest BCUT2D eigenvalue weighted by molar-refractivity contribution is 7.10. The Kier molecular flexibility index (Phi) is 14.4. The maximum atomic E-state index is 14.7. The van der Waals surface area contributed by atoms with E-state index >= 15 is 0 Å². The van der Waals surface area contributed by atoms with Gasteiger partial charge in [-0.05, 0) is 75.3 Å². The van der Waals surface area contributed by atoms with Crippen LogP contribution < -0.4 is 16.1 Å². The third-order valence-electron chi connectivity index (χ3n) is 13.6. The van der Waals surface area contributed by atoms with Gasteiger partial charge in [0.1, 0.15) is 18.1 Å². The molecule has 5 atom stereocenters. The second-order valence-corrected chi connectivity index (χ2v) is 20.4. The van der Waals surface area contributed by atoms with E-state index in [2.05, 4.69) is 65.7 Å². The first-order chi connectivity index (χ1) is 32.1. The Bertz CT molecular complexity index is 2500. The lowest BCUT2D eigenvalue weighted by Crippen LogP contribution is -2.62. The number of thiazole rings is 1. The highest BCUT2D eigenvalue weighted by atomic mass is 32.1. The summed E-state index contributed by atoms with van der Waals surface area (Å²) in [7, 11) is 3.30. The fourth-order valence-corrected chi connectivity index (χ4v) is 10.7. The van der Waals surface area contributed by atoms with E-state index in [9.17, 15) is 24.0 Å². The molecule has 17 nitrogen and oxygen atoms in total. The lowest BCUT2D eigenvalue weighted by atomic mass is 9.84. The normalized spacial score (nSPS) is 22.2. The Morgan fingerprint density at radius 3 is 2.55 bits per heavy atom. The Hall–Kier alpha value is -5.43. The summed E-state index contributed by atoms with van der Waals surface area (Å²) in [5.41, 5.74) is 9.29. The molecule has 0 aliphatic carbocycles. The summed E-state index contributed by atoms with van der Waals surface area (Å²) < 4.78 is 14.3. The van der Waals surface area contributed by atoms with E-state index in [-0.39, 0.29) is 43.0 Å². The number of pyridine rings is 1. The van der Waals surface area contributed by atoms with E-state index in [1.807, 2.05) is 32.2 Å². The van der Waals surface area contributed by atoms with Crippen molar-refractivity contribution in [2.75, 3.05) is 60.0 Å². The molecule has 3 aromatic heterocycles. The molecule has 18 heteroatoms. The number of fused-ring (bicyclic) bond motifs is 6.